The van der Waals surface area contributed by atoms with Gasteiger partial charge in [-0.05, 0) is 43.9 Å². The minimum Gasteiger partial charge on any atom is -0.369 e. The van der Waals surface area contributed by atoms with E-state index in [4.69, 9.17) is 11.5 Å². The number of hydrogen-bond donors (Lipinski definition) is 3. The van der Waals surface area contributed by atoms with Crippen LogP contribution in [0.3, 0.4) is 0 Å². The Morgan fingerprint density at radius 1 is 1.29 bits per heavy atom. The summed E-state index contributed by atoms with van der Waals surface area (Å²) in [5.41, 5.74) is 12.0. The molecule has 1 fully saturated rings. The fraction of sp³-hybridized carbons (Fsp3) is 0.438. The zero-order valence-corrected chi connectivity index (χ0v) is 13.6. The van der Waals surface area contributed by atoms with Gasteiger partial charge in [-0.1, -0.05) is 6.42 Å². The van der Waals surface area contributed by atoms with E-state index in [1.165, 1.54) is 19.1 Å². The van der Waals surface area contributed by atoms with Gasteiger partial charge in [-0.15, -0.1) is 0 Å². The number of anilines is 2. The van der Waals surface area contributed by atoms with Crippen LogP contribution in [0.15, 0.2) is 28.2 Å². The van der Waals surface area contributed by atoms with Gasteiger partial charge in [-0.25, -0.2) is 9.38 Å². The standard InChI is InChI=1S/C16H21FN6O/c1-10(24)20-13-6-5-11(9-12(13)17)23-15(19)21-14(18)22-16(23)7-3-2-4-8-16/h5-6,9H,2-4,7-8H2,1H3,(H,20,24)(H4,18,19,21,22). The summed E-state index contributed by atoms with van der Waals surface area (Å²) in [6.07, 6.45) is 4.66. The van der Waals surface area contributed by atoms with Gasteiger partial charge in [-0.2, -0.15) is 4.99 Å². The second kappa shape index (κ2) is 6.10. The van der Waals surface area contributed by atoms with E-state index in [0.717, 1.165) is 32.1 Å². The second-order valence-electron chi connectivity index (χ2n) is 6.16. The molecule has 1 aliphatic heterocycles. The molecule has 7 nitrogen and oxygen atoms in total. The first-order chi connectivity index (χ1) is 11.4. The molecule has 0 bridgehead atoms. The zero-order chi connectivity index (χ0) is 17.3. The number of benzene rings is 1. The fourth-order valence-corrected chi connectivity index (χ4v) is 3.43. The molecule has 3 rings (SSSR count). The molecule has 1 aromatic carbocycles. The lowest BCUT2D eigenvalue weighted by atomic mass is 9.87. The van der Waals surface area contributed by atoms with Gasteiger partial charge in [0.15, 0.2) is 0 Å². The number of nitrogens with zero attached hydrogens (tertiary/aromatic N) is 3. The van der Waals surface area contributed by atoms with Crippen LogP contribution in [0.5, 0.6) is 0 Å². The molecule has 5 N–H and O–H groups in total. The number of hydrogen-bond acceptors (Lipinski definition) is 6. The third-order valence-corrected chi connectivity index (χ3v) is 4.37. The molecule has 0 saturated heterocycles. The van der Waals surface area contributed by atoms with Crippen LogP contribution < -0.4 is 21.7 Å². The molecule has 1 aliphatic carbocycles. The average Bonchev–Trinajstić information content (AvgIpc) is 2.49. The molecule has 2 aliphatic rings. The molecule has 128 valence electrons. The van der Waals surface area contributed by atoms with Crippen LogP contribution in [0.25, 0.3) is 0 Å². The third kappa shape index (κ3) is 2.91. The Morgan fingerprint density at radius 3 is 2.62 bits per heavy atom. The quantitative estimate of drug-likeness (QED) is 0.768. The number of amides is 1. The Kier molecular flexibility index (Phi) is 4.13. The Hall–Kier alpha value is -2.64. The van der Waals surface area contributed by atoms with Gasteiger partial charge in [0, 0.05) is 12.6 Å². The second-order valence-corrected chi connectivity index (χ2v) is 6.16. The summed E-state index contributed by atoms with van der Waals surface area (Å²) >= 11 is 0. The number of nitrogens with two attached hydrogens (primary N) is 2. The highest BCUT2D eigenvalue weighted by atomic mass is 19.1. The van der Waals surface area contributed by atoms with Crippen molar-refractivity contribution in [1.29, 1.82) is 0 Å². The van der Waals surface area contributed by atoms with Crippen LogP contribution >= 0.6 is 0 Å². The molecule has 8 heteroatoms. The van der Waals surface area contributed by atoms with Crippen molar-refractivity contribution in [3.8, 4) is 0 Å². The lowest BCUT2D eigenvalue weighted by Gasteiger charge is -2.45. The molecular formula is C16H21FN6O. The van der Waals surface area contributed by atoms with E-state index in [-0.39, 0.29) is 23.5 Å². The molecule has 1 spiro atoms. The Bertz CT molecular complexity index is 723. The zero-order valence-electron chi connectivity index (χ0n) is 13.6. The van der Waals surface area contributed by atoms with Gasteiger partial charge in [-0.3, -0.25) is 9.69 Å². The van der Waals surface area contributed by atoms with Crippen LogP contribution in [0, 0.1) is 5.82 Å². The summed E-state index contributed by atoms with van der Waals surface area (Å²) in [6.45, 7) is 1.33. The Labute approximate surface area is 139 Å². The predicted octanol–water partition coefficient (Wildman–Crippen LogP) is 1.89. The van der Waals surface area contributed by atoms with Gasteiger partial charge in [0.05, 0.1) is 5.69 Å². The van der Waals surface area contributed by atoms with Crippen molar-refractivity contribution in [2.45, 2.75) is 44.7 Å². The summed E-state index contributed by atoms with van der Waals surface area (Å²) in [5.74, 6) is -0.511. The summed E-state index contributed by atoms with van der Waals surface area (Å²) in [6, 6.07) is 4.54. The molecule has 0 radical (unpaired) electrons. The average molecular weight is 332 g/mol. The SMILES string of the molecule is CC(=O)Nc1ccc(N2C(N)=NC(N)=NC23CCCCC3)cc1F. The van der Waals surface area contributed by atoms with Crippen molar-refractivity contribution >= 4 is 29.2 Å². The molecule has 1 aromatic rings. The fourth-order valence-electron chi connectivity index (χ4n) is 3.43. The van der Waals surface area contributed by atoms with E-state index in [1.54, 1.807) is 11.0 Å². The minimum atomic E-state index is -0.615. The van der Waals surface area contributed by atoms with E-state index < -0.39 is 11.5 Å². The summed E-state index contributed by atoms with van der Waals surface area (Å²) in [7, 11) is 0. The first-order valence-electron chi connectivity index (χ1n) is 7.98. The lowest BCUT2D eigenvalue weighted by Crippen LogP contribution is -2.58. The highest BCUT2D eigenvalue weighted by Gasteiger charge is 2.42. The monoisotopic (exact) mass is 332 g/mol. The van der Waals surface area contributed by atoms with Crippen molar-refractivity contribution < 1.29 is 9.18 Å². The van der Waals surface area contributed by atoms with Gasteiger partial charge in [0.2, 0.25) is 17.8 Å². The van der Waals surface area contributed by atoms with Gasteiger partial charge in [0.1, 0.15) is 11.5 Å². The normalized spacial score (nSPS) is 19.7. The van der Waals surface area contributed by atoms with Crippen molar-refractivity contribution in [2.75, 3.05) is 10.2 Å². The Balaban J connectivity index is 2.01. The van der Waals surface area contributed by atoms with E-state index in [2.05, 4.69) is 15.3 Å². The molecule has 24 heavy (non-hydrogen) atoms. The highest BCUT2D eigenvalue weighted by Crippen LogP contribution is 2.40. The maximum atomic E-state index is 14.3. The van der Waals surface area contributed by atoms with Crippen LogP contribution in [-0.2, 0) is 4.79 Å². The first kappa shape index (κ1) is 16.2. The molecule has 0 unspecified atom stereocenters. The first-order valence-corrected chi connectivity index (χ1v) is 7.98. The largest absolute Gasteiger partial charge is 0.369 e. The molecule has 1 heterocycles. The number of carbonyl (C=O) groups is 1. The summed E-state index contributed by atoms with van der Waals surface area (Å²) in [5, 5.41) is 2.45. The lowest BCUT2D eigenvalue weighted by molar-refractivity contribution is -0.114. The maximum Gasteiger partial charge on any atom is 0.221 e. The maximum absolute atomic E-state index is 14.3. The predicted molar refractivity (Wildman–Crippen MR) is 92.2 cm³/mol. The van der Waals surface area contributed by atoms with E-state index in [9.17, 15) is 9.18 Å². The van der Waals surface area contributed by atoms with Crippen molar-refractivity contribution in [3.63, 3.8) is 0 Å². The van der Waals surface area contributed by atoms with Crippen LogP contribution in [0.4, 0.5) is 15.8 Å². The van der Waals surface area contributed by atoms with Gasteiger partial charge in [0.25, 0.3) is 0 Å². The topological polar surface area (TPSA) is 109 Å². The molecule has 1 saturated carbocycles. The minimum absolute atomic E-state index is 0.125. The third-order valence-electron chi connectivity index (χ3n) is 4.37. The van der Waals surface area contributed by atoms with Crippen LogP contribution in [-0.4, -0.2) is 23.5 Å². The van der Waals surface area contributed by atoms with Crippen LogP contribution in [0.2, 0.25) is 0 Å². The number of rotatable bonds is 2. The van der Waals surface area contributed by atoms with Crippen LogP contribution in [0.1, 0.15) is 39.0 Å². The number of guanidine groups is 2. The van der Waals surface area contributed by atoms with Crippen molar-refractivity contribution in [3.05, 3.63) is 24.0 Å². The number of aliphatic imine (C=N–C) groups is 2. The van der Waals surface area contributed by atoms with Gasteiger partial charge < -0.3 is 16.8 Å². The smallest absolute Gasteiger partial charge is 0.221 e. The Morgan fingerprint density at radius 2 is 2.00 bits per heavy atom. The van der Waals surface area contributed by atoms with E-state index >= 15 is 0 Å². The molecule has 0 atom stereocenters. The molecular weight excluding hydrogens is 311 g/mol. The number of halogens is 1. The van der Waals surface area contributed by atoms with Crippen molar-refractivity contribution in [2.24, 2.45) is 21.5 Å². The van der Waals surface area contributed by atoms with Crippen molar-refractivity contribution in [1.82, 2.24) is 0 Å². The summed E-state index contributed by atoms with van der Waals surface area (Å²) in [4.78, 5) is 21.5. The van der Waals surface area contributed by atoms with E-state index in [1.807, 2.05) is 0 Å². The summed E-state index contributed by atoms with van der Waals surface area (Å²) < 4.78 is 14.3. The highest BCUT2D eigenvalue weighted by molar-refractivity contribution is 6.05. The molecule has 1 amide bonds. The number of nitrogens with one attached hydrogen (secondary N) is 1. The molecule has 0 aromatic heterocycles. The number of carbonyl (C=O) groups excluding carboxylic acids is 1. The van der Waals surface area contributed by atoms with Gasteiger partial charge >= 0.3 is 0 Å². The van der Waals surface area contributed by atoms with E-state index in [0.29, 0.717) is 5.69 Å².